The largest absolute Gasteiger partial charge is 0.311 e. The maximum atomic E-state index is 13.2. The number of rotatable bonds is 4. The van der Waals surface area contributed by atoms with E-state index in [4.69, 9.17) is 11.6 Å². The van der Waals surface area contributed by atoms with Crippen LogP contribution in [0.1, 0.15) is 47.9 Å². The van der Waals surface area contributed by atoms with Gasteiger partial charge in [0.2, 0.25) is 0 Å². The van der Waals surface area contributed by atoms with Crippen LogP contribution in [0, 0.1) is 13.8 Å². The van der Waals surface area contributed by atoms with E-state index in [1.807, 2.05) is 42.8 Å². The number of carbonyl (C=O) groups is 1. The third-order valence-electron chi connectivity index (χ3n) is 4.78. The summed E-state index contributed by atoms with van der Waals surface area (Å²) >= 11 is 6.22. The highest BCUT2D eigenvalue weighted by Gasteiger charge is 2.21. The molecular weight excluding hydrogens is 348 g/mol. The van der Waals surface area contributed by atoms with Crippen LogP contribution in [0.2, 0.25) is 5.02 Å². The first-order chi connectivity index (χ1) is 12.3. The van der Waals surface area contributed by atoms with Crippen molar-refractivity contribution in [2.45, 2.75) is 40.2 Å². The van der Waals surface area contributed by atoms with Crippen LogP contribution in [0.5, 0.6) is 0 Å². The normalized spacial score (nSPS) is 12.4. The average Bonchev–Trinajstić information content (AvgIpc) is 3.05. The van der Waals surface area contributed by atoms with Crippen molar-refractivity contribution in [2.24, 2.45) is 0 Å². The Hall–Kier alpha value is -2.40. The molecule has 0 aliphatic carbocycles. The molecule has 3 aromatic rings. The van der Waals surface area contributed by atoms with E-state index in [2.05, 4.69) is 23.9 Å². The molecule has 2 heterocycles. The lowest BCUT2D eigenvalue weighted by molar-refractivity contribution is 0.0994. The summed E-state index contributed by atoms with van der Waals surface area (Å²) in [6, 6.07) is 7.66. The Labute approximate surface area is 158 Å². The van der Waals surface area contributed by atoms with E-state index in [0.29, 0.717) is 10.6 Å². The average molecular weight is 371 g/mol. The van der Waals surface area contributed by atoms with Gasteiger partial charge in [0.15, 0.2) is 5.65 Å². The summed E-state index contributed by atoms with van der Waals surface area (Å²) in [6.07, 6.45) is 2.68. The van der Waals surface area contributed by atoms with Gasteiger partial charge in [-0.15, -0.1) is 0 Å². The molecule has 1 aromatic carbocycles. The van der Waals surface area contributed by atoms with Crippen LogP contribution in [0.4, 0.5) is 5.69 Å². The highest BCUT2D eigenvalue weighted by Crippen LogP contribution is 2.27. The fraction of sp³-hybridized carbons (Fsp3) is 0.350. The zero-order valence-electron chi connectivity index (χ0n) is 15.7. The minimum absolute atomic E-state index is 0.107. The second-order valence-electron chi connectivity index (χ2n) is 6.69. The van der Waals surface area contributed by atoms with Crippen molar-refractivity contribution in [3.8, 4) is 0 Å². The minimum Gasteiger partial charge on any atom is -0.311 e. The Kier molecular flexibility index (Phi) is 5.01. The molecule has 1 unspecified atom stereocenters. The standard InChI is InChI=1S/C20H23ClN4O/c1-6-14(4)25-19-17(11-22-25)16(9-13(3)23-19)20(26)24(5)15-8-7-12(2)18(21)10-15/h7-11,14H,6H2,1-5H3. The quantitative estimate of drug-likeness (QED) is 0.652. The molecule has 0 aliphatic rings. The van der Waals surface area contributed by atoms with Gasteiger partial charge in [-0.2, -0.15) is 5.10 Å². The number of fused-ring (bicyclic) bond motifs is 1. The fourth-order valence-corrected chi connectivity index (χ4v) is 3.08. The van der Waals surface area contributed by atoms with E-state index in [1.54, 1.807) is 18.1 Å². The van der Waals surface area contributed by atoms with Crippen LogP contribution < -0.4 is 4.90 Å². The van der Waals surface area contributed by atoms with E-state index in [-0.39, 0.29) is 11.9 Å². The van der Waals surface area contributed by atoms with Crippen LogP contribution in [0.15, 0.2) is 30.5 Å². The molecule has 136 valence electrons. The van der Waals surface area contributed by atoms with Crippen LogP contribution >= 0.6 is 11.6 Å². The summed E-state index contributed by atoms with van der Waals surface area (Å²) in [5.74, 6) is -0.107. The number of hydrogen-bond donors (Lipinski definition) is 0. The Morgan fingerprint density at radius 1 is 1.31 bits per heavy atom. The number of nitrogens with zero attached hydrogens (tertiary/aromatic N) is 4. The number of carbonyl (C=O) groups excluding carboxylic acids is 1. The number of aromatic nitrogens is 3. The van der Waals surface area contributed by atoms with E-state index >= 15 is 0 Å². The summed E-state index contributed by atoms with van der Waals surface area (Å²) in [5, 5.41) is 5.88. The Balaban J connectivity index is 2.07. The molecule has 0 fully saturated rings. The number of anilines is 1. The Morgan fingerprint density at radius 2 is 2.04 bits per heavy atom. The van der Waals surface area contributed by atoms with Gasteiger partial charge in [-0.1, -0.05) is 24.6 Å². The highest BCUT2D eigenvalue weighted by atomic mass is 35.5. The first-order valence-corrected chi connectivity index (χ1v) is 9.10. The topological polar surface area (TPSA) is 51.0 Å². The molecule has 6 heteroatoms. The molecule has 2 aromatic heterocycles. The molecule has 0 spiro atoms. The molecule has 1 atom stereocenters. The van der Waals surface area contributed by atoms with Gasteiger partial charge in [0.25, 0.3) is 5.91 Å². The second kappa shape index (κ2) is 7.08. The lowest BCUT2D eigenvalue weighted by Gasteiger charge is -2.19. The van der Waals surface area contributed by atoms with Gasteiger partial charge in [0.1, 0.15) is 0 Å². The number of amides is 1. The summed E-state index contributed by atoms with van der Waals surface area (Å²) in [4.78, 5) is 19.4. The maximum absolute atomic E-state index is 13.2. The van der Waals surface area contributed by atoms with E-state index in [0.717, 1.165) is 34.4 Å². The third kappa shape index (κ3) is 3.19. The van der Waals surface area contributed by atoms with Crippen LogP contribution in [0.3, 0.4) is 0 Å². The molecule has 1 amide bonds. The Morgan fingerprint density at radius 3 is 2.69 bits per heavy atom. The van der Waals surface area contributed by atoms with Crippen molar-refractivity contribution in [3.63, 3.8) is 0 Å². The van der Waals surface area contributed by atoms with Crippen molar-refractivity contribution >= 4 is 34.2 Å². The lowest BCUT2D eigenvalue weighted by atomic mass is 10.1. The number of benzene rings is 1. The van der Waals surface area contributed by atoms with Gasteiger partial charge in [-0.25, -0.2) is 9.67 Å². The van der Waals surface area contributed by atoms with Gasteiger partial charge < -0.3 is 4.90 Å². The number of halogens is 1. The lowest BCUT2D eigenvalue weighted by Crippen LogP contribution is -2.26. The monoisotopic (exact) mass is 370 g/mol. The molecule has 3 rings (SSSR count). The van der Waals surface area contributed by atoms with Crippen LogP contribution in [0.25, 0.3) is 11.0 Å². The number of pyridine rings is 1. The van der Waals surface area contributed by atoms with E-state index in [9.17, 15) is 4.79 Å². The summed E-state index contributed by atoms with van der Waals surface area (Å²) in [6.45, 7) is 8.03. The maximum Gasteiger partial charge on any atom is 0.258 e. The van der Waals surface area contributed by atoms with Crippen molar-refractivity contribution in [1.29, 1.82) is 0 Å². The zero-order chi connectivity index (χ0) is 19.0. The van der Waals surface area contributed by atoms with Crippen molar-refractivity contribution in [1.82, 2.24) is 14.8 Å². The molecule has 0 radical (unpaired) electrons. The zero-order valence-corrected chi connectivity index (χ0v) is 16.5. The van der Waals surface area contributed by atoms with Crippen LogP contribution in [-0.2, 0) is 0 Å². The van der Waals surface area contributed by atoms with E-state index < -0.39 is 0 Å². The Bertz CT molecular complexity index is 979. The van der Waals surface area contributed by atoms with E-state index in [1.165, 1.54) is 0 Å². The molecule has 0 aliphatic heterocycles. The van der Waals surface area contributed by atoms with Crippen LogP contribution in [-0.4, -0.2) is 27.7 Å². The van der Waals surface area contributed by atoms with Gasteiger partial charge in [-0.05, 0) is 51.0 Å². The molecule has 26 heavy (non-hydrogen) atoms. The minimum atomic E-state index is -0.107. The first-order valence-electron chi connectivity index (χ1n) is 8.72. The van der Waals surface area contributed by atoms with Gasteiger partial charge in [0.05, 0.1) is 23.2 Å². The molecule has 0 saturated heterocycles. The molecular formula is C20H23ClN4O. The van der Waals surface area contributed by atoms with Gasteiger partial charge in [-0.3, -0.25) is 4.79 Å². The first kappa shape index (κ1) is 18.4. The second-order valence-corrected chi connectivity index (χ2v) is 7.10. The smallest absolute Gasteiger partial charge is 0.258 e. The molecule has 0 bridgehead atoms. The SMILES string of the molecule is CCC(C)n1ncc2c(C(=O)N(C)c3ccc(C)c(Cl)c3)cc(C)nc21. The van der Waals surface area contributed by atoms with Gasteiger partial charge in [0, 0.05) is 23.5 Å². The van der Waals surface area contributed by atoms with Crippen molar-refractivity contribution in [3.05, 3.63) is 52.3 Å². The third-order valence-corrected chi connectivity index (χ3v) is 5.19. The van der Waals surface area contributed by atoms with Crippen molar-refractivity contribution < 1.29 is 4.79 Å². The summed E-state index contributed by atoms with van der Waals surface area (Å²) in [5.41, 5.74) is 3.87. The highest BCUT2D eigenvalue weighted by molar-refractivity contribution is 6.31. The fourth-order valence-electron chi connectivity index (χ4n) is 2.90. The van der Waals surface area contributed by atoms with Crippen molar-refractivity contribution in [2.75, 3.05) is 11.9 Å². The number of aryl methyl sites for hydroxylation is 2. The molecule has 0 N–H and O–H groups in total. The summed E-state index contributed by atoms with van der Waals surface area (Å²) < 4.78 is 1.89. The predicted molar refractivity (Wildman–Crippen MR) is 106 cm³/mol. The van der Waals surface area contributed by atoms with Gasteiger partial charge >= 0.3 is 0 Å². The molecule has 5 nitrogen and oxygen atoms in total. The molecule has 0 saturated carbocycles. The predicted octanol–water partition coefficient (Wildman–Crippen LogP) is 4.95. The number of hydrogen-bond acceptors (Lipinski definition) is 3. The summed E-state index contributed by atoms with van der Waals surface area (Å²) in [7, 11) is 1.75.